The first-order valence-corrected chi connectivity index (χ1v) is 9.65. The van der Waals surface area contributed by atoms with E-state index >= 15 is 0 Å². The average molecular weight is 403 g/mol. The zero-order valence-electron chi connectivity index (χ0n) is 15.2. The van der Waals surface area contributed by atoms with Gasteiger partial charge in [0.05, 0.1) is 12.2 Å². The summed E-state index contributed by atoms with van der Waals surface area (Å²) in [5.74, 6) is -0.104. The van der Waals surface area contributed by atoms with E-state index in [1.54, 1.807) is 33.5 Å². The minimum Gasteiger partial charge on any atom is -0.387 e. The third-order valence-electron chi connectivity index (χ3n) is 4.99. The minimum atomic E-state index is -0.335. The number of quaternary nitrogens is 1. The van der Waals surface area contributed by atoms with Crippen LogP contribution < -0.4 is 4.90 Å². The van der Waals surface area contributed by atoms with Crippen molar-refractivity contribution in [3.05, 3.63) is 64.9 Å². The second-order valence-electron chi connectivity index (χ2n) is 7.08. The van der Waals surface area contributed by atoms with Crippen LogP contribution in [-0.2, 0) is 6.67 Å². The maximum Gasteiger partial charge on any atom is 0.207 e. The molecule has 0 bridgehead atoms. The molecule has 2 N–H and O–H groups in total. The maximum atomic E-state index is 13.4. The highest BCUT2D eigenvalue weighted by atomic mass is 32.1. The normalized spacial score (nSPS) is 19.7. The summed E-state index contributed by atoms with van der Waals surface area (Å²) < 4.78 is 30.7. The first-order valence-electron chi connectivity index (χ1n) is 9.24. The second-order valence-corrected chi connectivity index (χ2v) is 7.45. The molecule has 3 aromatic rings. The Balaban J connectivity index is 1.78. The standard InChI is InChI=1S/C20H20F2N4OS/c21-15-5-3-14(4-6-15)19-23-25(13-24-11-1-2-18(27)12-24)20(28)26(19)17-9-7-16(22)8-10-17/h3-10,18,27H,1-2,11-13H2/p+1/t18-/m1/s1. The van der Waals surface area contributed by atoms with E-state index in [0.29, 0.717) is 35.1 Å². The van der Waals surface area contributed by atoms with Gasteiger partial charge in [0.2, 0.25) is 4.77 Å². The molecular formula is C20H21F2N4OS+. The molecule has 1 fully saturated rings. The Hall–Kier alpha value is -2.42. The third kappa shape index (κ3) is 3.89. The number of hydrogen-bond acceptors (Lipinski definition) is 3. The highest BCUT2D eigenvalue weighted by Crippen LogP contribution is 2.23. The lowest BCUT2D eigenvalue weighted by molar-refractivity contribution is -0.931. The molecule has 5 nitrogen and oxygen atoms in total. The van der Waals surface area contributed by atoms with Gasteiger partial charge in [0.1, 0.15) is 24.3 Å². The van der Waals surface area contributed by atoms with Gasteiger partial charge in [-0.3, -0.25) is 4.57 Å². The summed E-state index contributed by atoms with van der Waals surface area (Å²) in [5, 5.41) is 14.6. The van der Waals surface area contributed by atoms with E-state index < -0.39 is 0 Å². The molecule has 0 amide bonds. The van der Waals surface area contributed by atoms with Crippen LogP contribution in [0.3, 0.4) is 0 Å². The molecule has 1 aliphatic rings. The number of rotatable bonds is 4. The molecule has 0 aliphatic carbocycles. The summed E-state index contributed by atoms with van der Waals surface area (Å²) in [5.41, 5.74) is 1.40. The van der Waals surface area contributed by atoms with Gasteiger partial charge in [-0.05, 0) is 73.6 Å². The lowest BCUT2D eigenvalue weighted by Gasteiger charge is -2.26. The Morgan fingerprint density at radius 2 is 1.71 bits per heavy atom. The van der Waals surface area contributed by atoms with Crippen molar-refractivity contribution >= 4 is 12.2 Å². The lowest BCUT2D eigenvalue weighted by Crippen LogP contribution is -3.13. The molecule has 2 heterocycles. The monoisotopic (exact) mass is 403 g/mol. The van der Waals surface area contributed by atoms with Gasteiger partial charge < -0.3 is 10.0 Å². The van der Waals surface area contributed by atoms with E-state index in [-0.39, 0.29) is 17.7 Å². The lowest BCUT2D eigenvalue weighted by atomic mass is 10.1. The van der Waals surface area contributed by atoms with Crippen LogP contribution >= 0.6 is 12.2 Å². The van der Waals surface area contributed by atoms with Crippen LogP contribution in [0, 0.1) is 16.4 Å². The summed E-state index contributed by atoms with van der Waals surface area (Å²) in [6, 6.07) is 12.1. The van der Waals surface area contributed by atoms with Crippen LogP contribution in [0.1, 0.15) is 12.8 Å². The Morgan fingerprint density at radius 3 is 2.36 bits per heavy atom. The SMILES string of the molecule is O[C@@H]1CCC[NH+](Cn2nc(-c3ccc(F)cc3)n(-c3ccc(F)cc3)c2=S)C1. The van der Waals surface area contributed by atoms with Gasteiger partial charge in [0.15, 0.2) is 12.5 Å². The van der Waals surface area contributed by atoms with Crippen molar-refractivity contribution in [3.63, 3.8) is 0 Å². The van der Waals surface area contributed by atoms with Crippen LogP contribution in [0.2, 0.25) is 0 Å². The summed E-state index contributed by atoms with van der Waals surface area (Å²) in [6.07, 6.45) is 1.46. The Labute approximate surface area is 166 Å². The molecular weight excluding hydrogens is 382 g/mol. The number of benzene rings is 2. The summed E-state index contributed by atoms with van der Waals surface area (Å²) in [6.45, 7) is 2.11. The molecule has 1 aliphatic heterocycles. The van der Waals surface area contributed by atoms with Crippen LogP contribution in [-0.4, -0.2) is 38.6 Å². The van der Waals surface area contributed by atoms with Crippen LogP contribution in [0.5, 0.6) is 0 Å². The Morgan fingerprint density at radius 1 is 1.07 bits per heavy atom. The van der Waals surface area contributed by atoms with Gasteiger partial charge in [-0.25, -0.2) is 8.78 Å². The van der Waals surface area contributed by atoms with E-state index in [9.17, 15) is 13.9 Å². The van der Waals surface area contributed by atoms with Crippen molar-refractivity contribution in [1.82, 2.24) is 14.3 Å². The summed E-state index contributed by atoms with van der Waals surface area (Å²) in [4.78, 5) is 1.20. The molecule has 28 heavy (non-hydrogen) atoms. The van der Waals surface area contributed by atoms with E-state index in [2.05, 4.69) is 5.10 Å². The van der Waals surface area contributed by atoms with E-state index in [1.165, 1.54) is 29.2 Å². The third-order valence-corrected chi connectivity index (χ3v) is 5.39. The van der Waals surface area contributed by atoms with Gasteiger partial charge in [-0.15, -0.1) is 5.10 Å². The number of aliphatic hydroxyl groups is 1. The van der Waals surface area contributed by atoms with Crippen molar-refractivity contribution in [2.24, 2.45) is 0 Å². The van der Waals surface area contributed by atoms with E-state index in [0.717, 1.165) is 19.4 Å². The van der Waals surface area contributed by atoms with Gasteiger partial charge in [0, 0.05) is 5.56 Å². The van der Waals surface area contributed by atoms with Crippen molar-refractivity contribution in [2.75, 3.05) is 13.1 Å². The Kier molecular flexibility index (Phi) is 5.34. The minimum absolute atomic E-state index is 0.311. The topological polar surface area (TPSA) is 47.4 Å². The predicted octanol–water partition coefficient (Wildman–Crippen LogP) is 2.35. The fourth-order valence-corrected chi connectivity index (χ4v) is 3.90. The highest BCUT2D eigenvalue weighted by Gasteiger charge is 2.23. The summed E-state index contributed by atoms with van der Waals surface area (Å²) in [7, 11) is 0. The average Bonchev–Trinajstić information content (AvgIpc) is 2.99. The molecule has 0 radical (unpaired) electrons. The molecule has 8 heteroatoms. The van der Waals surface area contributed by atoms with Crippen molar-refractivity contribution in [1.29, 1.82) is 0 Å². The number of nitrogens with one attached hydrogen (secondary N) is 1. The van der Waals surface area contributed by atoms with E-state index in [1.807, 2.05) is 0 Å². The fraction of sp³-hybridized carbons (Fsp3) is 0.300. The van der Waals surface area contributed by atoms with E-state index in [4.69, 9.17) is 12.2 Å². The smallest absolute Gasteiger partial charge is 0.207 e. The van der Waals surface area contributed by atoms with Crippen LogP contribution in [0.4, 0.5) is 8.78 Å². The molecule has 0 saturated carbocycles. The largest absolute Gasteiger partial charge is 0.387 e. The zero-order chi connectivity index (χ0) is 19.7. The van der Waals surface area contributed by atoms with Crippen LogP contribution in [0.25, 0.3) is 17.1 Å². The maximum absolute atomic E-state index is 13.4. The number of halogens is 2. The first-order chi connectivity index (χ1) is 13.5. The van der Waals surface area contributed by atoms with Crippen molar-refractivity contribution < 1.29 is 18.8 Å². The number of aromatic nitrogens is 3. The number of aliphatic hydroxyl groups excluding tert-OH is 1. The predicted molar refractivity (Wildman–Crippen MR) is 104 cm³/mol. The van der Waals surface area contributed by atoms with Gasteiger partial charge in [0.25, 0.3) is 0 Å². The quantitative estimate of drug-likeness (QED) is 0.658. The van der Waals surface area contributed by atoms with Crippen LogP contribution in [0.15, 0.2) is 48.5 Å². The highest BCUT2D eigenvalue weighted by molar-refractivity contribution is 7.71. The molecule has 2 aromatic carbocycles. The molecule has 0 spiro atoms. The zero-order valence-corrected chi connectivity index (χ0v) is 16.0. The van der Waals surface area contributed by atoms with Crippen molar-refractivity contribution in [3.8, 4) is 17.1 Å². The number of piperidine rings is 1. The molecule has 146 valence electrons. The fourth-order valence-electron chi connectivity index (χ4n) is 3.60. The number of nitrogens with zero attached hydrogens (tertiary/aromatic N) is 3. The summed E-state index contributed by atoms with van der Waals surface area (Å²) >= 11 is 5.67. The molecule has 1 aromatic heterocycles. The van der Waals surface area contributed by atoms with Crippen molar-refractivity contribution in [2.45, 2.75) is 25.6 Å². The van der Waals surface area contributed by atoms with Gasteiger partial charge in [-0.2, -0.15) is 4.68 Å². The second kappa shape index (κ2) is 7.90. The Bertz CT molecular complexity index is 1010. The first kappa shape index (κ1) is 18.9. The molecule has 4 rings (SSSR count). The number of hydrogen-bond donors (Lipinski definition) is 2. The molecule has 1 unspecified atom stereocenters. The number of likely N-dealkylation sites (tertiary alicyclic amines) is 1. The van der Waals surface area contributed by atoms with Gasteiger partial charge in [-0.1, -0.05) is 0 Å². The van der Waals surface area contributed by atoms with Gasteiger partial charge >= 0.3 is 0 Å². The molecule has 2 atom stereocenters. The molecule has 1 saturated heterocycles.